The second-order valence-corrected chi connectivity index (χ2v) is 5.19. The van der Waals surface area contributed by atoms with Gasteiger partial charge in [-0.15, -0.1) is 0 Å². The van der Waals surface area contributed by atoms with Gasteiger partial charge in [-0.1, -0.05) is 25.1 Å². The Labute approximate surface area is 126 Å². The standard InChI is InChI=1S/C17H23NO3/c1-3-18(10-15-8-9-20-12-15)11-16(19)13-21-17-7-5-4-6-14(17)2/h4-9,12,16,19H,3,10-11,13H2,1-2H3. The predicted molar refractivity (Wildman–Crippen MR) is 82.3 cm³/mol. The average Bonchev–Trinajstić information content (AvgIpc) is 2.98. The van der Waals surface area contributed by atoms with Gasteiger partial charge in [0.1, 0.15) is 18.5 Å². The van der Waals surface area contributed by atoms with Gasteiger partial charge in [-0.3, -0.25) is 4.90 Å². The molecule has 1 aromatic carbocycles. The maximum Gasteiger partial charge on any atom is 0.122 e. The molecule has 0 spiro atoms. The Balaban J connectivity index is 1.80. The van der Waals surface area contributed by atoms with Crippen LogP contribution in [0.5, 0.6) is 5.75 Å². The molecule has 0 aliphatic heterocycles. The van der Waals surface area contributed by atoms with Gasteiger partial charge >= 0.3 is 0 Å². The van der Waals surface area contributed by atoms with Gasteiger partial charge in [0.05, 0.1) is 12.5 Å². The van der Waals surface area contributed by atoms with Gasteiger partial charge in [0.25, 0.3) is 0 Å². The normalized spacial score (nSPS) is 12.6. The fourth-order valence-electron chi connectivity index (χ4n) is 2.20. The molecule has 1 heterocycles. The van der Waals surface area contributed by atoms with Crippen LogP contribution in [0.1, 0.15) is 18.1 Å². The first-order valence-corrected chi connectivity index (χ1v) is 7.29. The molecule has 0 saturated heterocycles. The summed E-state index contributed by atoms with van der Waals surface area (Å²) < 4.78 is 10.8. The van der Waals surface area contributed by atoms with Crippen molar-refractivity contribution in [2.45, 2.75) is 26.5 Å². The fourth-order valence-corrected chi connectivity index (χ4v) is 2.20. The van der Waals surface area contributed by atoms with Crippen LogP contribution in [0.2, 0.25) is 0 Å². The number of rotatable bonds is 8. The zero-order valence-corrected chi connectivity index (χ0v) is 12.7. The molecule has 1 N–H and O–H groups in total. The smallest absolute Gasteiger partial charge is 0.122 e. The number of nitrogens with zero attached hydrogens (tertiary/aromatic N) is 1. The monoisotopic (exact) mass is 289 g/mol. The molecule has 0 fully saturated rings. The Bertz CT molecular complexity index is 525. The highest BCUT2D eigenvalue weighted by atomic mass is 16.5. The van der Waals surface area contributed by atoms with Gasteiger partial charge in [0.15, 0.2) is 0 Å². The van der Waals surface area contributed by atoms with Crippen molar-refractivity contribution < 1.29 is 14.3 Å². The molecule has 4 nitrogen and oxygen atoms in total. The van der Waals surface area contributed by atoms with E-state index in [4.69, 9.17) is 9.15 Å². The topological polar surface area (TPSA) is 45.8 Å². The molecule has 0 aliphatic carbocycles. The van der Waals surface area contributed by atoms with Crippen LogP contribution in [0, 0.1) is 6.92 Å². The zero-order chi connectivity index (χ0) is 15.1. The molecule has 0 amide bonds. The van der Waals surface area contributed by atoms with Gasteiger partial charge in [-0.05, 0) is 31.2 Å². The number of hydrogen-bond acceptors (Lipinski definition) is 4. The number of aliphatic hydroxyl groups excluding tert-OH is 1. The lowest BCUT2D eigenvalue weighted by Gasteiger charge is -2.23. The number of aliphatic hydroxyl groups is 1. The number of hydrogen-bond donors (Lipinski definition) is 1. The highest BCUT2D eigenvalue weighted by Gasteiger charge is 2.12. The van der Waals surface area contributed by atoms with Gasteiger partial charge in [-0.25, -0.2) is 0 Å². The van der Waals surface area contributed by atoms with E-state index in [1.54, 1.807) is 12.5 Å². The minimum absolute atomic E-state index is 0.298. The van der Waals surface area contributed by atoms with Crippen LogP contribution in [0.15, 0.2) is 47.3 Å². The molecule has 1 aromatic heterocycles. The Hall–Kier alpha value is -1.78. The summed E-state index contributed by atoms with van der Waals surface area (Å²) >= 11 is 0. The van der Waals surface area contributed by atoms with E-state index in [9.17, 15) is 5.11 Å². The molecule has 114 valence electrons. The summed E-state index contributed by atoms with van der Waals surface area (Å²) in [5, 5.41) is 10.1. The number of aryl methyl sites for hydroxylation is 1. The zero-order valence-electron chi connectivity index (χ0n) is 12.7. The molecule has 0 saturated carbocycles. The third-order valence-corrected chi connectivity index (χ3v) is 3.43. The van der Waals surface area contributed by atoms with E-state index < -0.39 is 6.10 Å². The predicted octanol–water partition coefficient (Wildman–Crippen LogP) is 2.85. The summed E-state index contributed by atoms with van der Waals surface area (Å²) in [6.45, 7) is 6.59. The van der Waals surface area contributed by atoms with Crippen molar-refractivity contribution in [3.8, 4) is 5.75 Å². The molecular formula is C17H23NO3. The van der Waals surface area contributed by atoms with Gasteiger partial charge < -0.3 is 14.3 Å². The van der Waals surface area contributed by atoms with E-state index in [2.05, 4.69) is 11.8 Å². The van der Waals surface area contributed by atoms with E-state index >= 15 is 0 Å². The number of benzene rings is 1. The Morgan fingerprint density at radius 3 is 2.76 bits per heavy atom. The van der Waals surface area contributed by atoms with E-state index in [1.807, 2.05) is 37.3 Å². The highest BCUT2D eigenvalue weighted by Crippen LogP contribution is 2.16. The van der Waals surface area contributed by atoms with Crippen LogP contribution in [-0.4, -0.2) is 35.8 Å². The molecule has 1 atom stereocenters. The average molecular weight is 289 g/mol. The first-order chi connectivity index (χ1) is 10.2. The maximum absolute atomic E-state index is 10.1. The van der Waals surface area contributed by atoms with Crippen molar-refractivity contribution in [2.75, 3.05) is 19.7 Å². The van der Waals surface area contributed by atoms with E-state index in [0.717, 1.165) is 30.0 Å². The minimum Gasteiger partial charge on any atom is -0.491 e. The third-order valence-electron chi connectivity index (χ3n) is 3.43. The van der Waals surface area contributed by atoms with Crippen LogP contribution < -0.4 is 4.74 Å². The molecular weight excluding hydrogens is 266 g/mol. The van der Waals surface area contributed by atoms with Crippen LogP contribution in [0.25, 0.3) is 0 Å². The van der Waals surface area contributed by atoms with Crippen molar-refractivity contribution in [3.05, 3.63) is 54.0 Å². The summed E-state index contributed by atoms with van der Waals surface area (Å²) in [5.74, 6) is 0.828. The largest absolute Gasteiger partial charge is 0.491 e. The Morgan fingerprint density at radius 2 is 2.10 bits per heavy atom. The van der Waals surface area contributed by atoms with Crippen LogP contribution >= 0.6 is 0 Å². The highest BCUT2D eigenvalue weighted by molar-refractivity contribution is 5.31. The summed E-state index contributed by atoms with van der Waals surface area (Å²) in [6, 6.07) is 9.78. The van der Waals surface area contributed by atoms with E-state index in [0.29, 0.717) is 13.2 Å². The fraction of sp³-hybridized carbons (Fsp3) is 0.412. The molecule has 2 aromatic rings. The lowest BCUT2D eigenvalue weighted by Crippen LogP contribution is -2.35. The summed E-state index contributed by atoms with van der Waals surface area (Å²) in [7, 11) is 0. The number of ether oxygens (including phenoxy) is 1. The quantitative estimate of drug-likeness (QED) is 0.811. The molecule has 4 heteroatoms. The third kappa shape index (κ3) is 4.92. The van der Waals surface area contributed by atoms with Crippen LogP contribution in [0.3, 0.4) is 0 Å². The van der Waals surface area contributed by atoms with Crippen molar-refractivity contribution in [1.82, 2.24) is 4.90 Å². The number of furan rings is 1. The Kier molecular flexibility index (Phi) is 5.84. The SMILES string of the molecule is CCN(Cc1ccoc1)CC(O)COc1ccccc1C. The van der Waals surface area contributed by atoms with Crippen molar-refractivity contribution in [3.63, 3.8) is 0 Å². The summed E-state index contributed by atoms with van der Waals surface area (Å²) in [6.07, 6.45) is 2.89. The van der Waals surface area contributed by atoms with Gasteiger partial charge in [0, 0.05) is 18.7 Å². The van der Waals surface area contributed by atoms with E-state index in [1.165, 1.54) is 0 Å². The van der Waals surface area contributed by atoms with Crippen LogP contribution in [-0.2, 0) is 6.54 Å². The first kappa shape index (κ1) is 15.6. The summed E-state index contributed by atoms with van der Waals surface area (Å²) in [5.41, 5.74) is 2.19. The molecule has 0 aliphatic rings. The van der Waals surface area contributed by atoms with Crippen LogP contribution in [0.4, 0.5) is 0 Å². The molecule has 21 heavy (non-hydrogen) atoms. The van der Waals surface area contributed by atoms with Crippen molar-refractivity contribution in [2.24, 2.45) is 0 Å². The van der Waals surface area contributed by atoms with Crippen molar-refractivity contribution in [1.29, 1.82) is 0 Å². The van der Waals surface area contributed by atoms with Gasteiger partial charge in [0.2, 0.25) is 0 Å². The van der Waals surface area contributed by atoms with Gasteiger partial charge in [-0.2, -0.15) is 0 Å². The summed E-state index contributed by atoms with van der Waals surface area (Å²) in [4.78, 5) is 2.16. The molecule has 0 bridgehead atoms. The second-order valence-electron chi connectivity index (χ2n) is 5.19. The maximum atomic E-state index is 10.1. The Morgan fingerprint density at radius 1 is 1.29 bits per heavy atom. The number of likely N-dealkylation sites (N-methyl/N-ethyl adjacent to an activating group) is 1. The first-order valence-electron chi connectivity index (χ1n) is 7.29. The molecule has 1 unspecified atom stereocenters. The minimum atomic E-state index is -0.517. The van der Waals surface area contributed by atoms with Crippen molar-refractivity contribution >= 4 is 0 Å². The number of para-hydroxylation sites is 1. The lowest BCUT2D eigenvalue weighted by molar-refractivity contribution is 0.0672. The second kappa shape index (κ2) is 7.86. The van der Waals surface area contributed by atoms with E-state index in [-0.39, 0.29) is 0 Å². The lowest BCUT2D eigenvalue weighted by atomic mass is 10.2. The molecule has 0 radical (unpaired) electrons. The molecule has 2 rings (SSSR count).